The Hall–Kier alpha value is -1.88. The summed E-state index contributed by atoms with van der Waals surface area (Å²) in [5.41, 5.74) is 5.87. The molecule has 1 nitrogen and oxygen atoms in total. The smallest absolute Gasteiger partial charge is 0.326 e. The van der Waals surface area contributed by atoms with Gasteiger partial charge >= 0.3 is 6.18 Å². The van der Waals surface area contributed by atoms with Gasteiger partial charge in [0.05, 0.1) is 5.56 Å². The van der Waals surface area contributed by atoms with Crippen molar-refractivity contribution in [1.82, 2.24) is 0 Å². The van der Waals surface area contributed by atoms with Crippen molar-refractivity contribution in [1.29, 1.82) is 0 Å². The van der Waals surface area contributed by atoms with Gasteiger partial charge in [-0.1, -0.05) is 30.3 Å². The maximum atomic E-state index is 13.2. The van der Waals surface area contributed by atoms with Crippen LogP contribution in [-0.4, -0.2) is 0 Å². The molecule has 0 fully saturated rings. The monoisotopic (exact) mass is 269 g/mol. The van der Waals surface area contributed by atoms with E-state index in [1.807, 2.05) is 0 Å². The topological polar surface area (TPSA) is 26.0 Å². The third kappa shape index (κ3) is 2.76. The molecule has 0 aliphatic heterocycles. The number of benzene rings is 2. The first kappa shape index (κ1) is 13.5. The molecule has 0 atom stereocenters. The first-order valence-electron chi connectivity index (χ1n) is 5.58. The number of hydrogen-bond acceptors (Lipinski definition) is 1. The van der Waals surface area contributed by atoms with E-state index in [0.29, 0.717) is 16.7 Å². The van der Waals surface area contributed by atoms with Gasteiger partial charge in [0.25, 0.3) is 0 Å². The Balaban J connectivity index is 2.58. The fraction of sp³-hybridized carbons (Fsp3) is 0.143. The zero-order valence-electron chi connectivity index (χ0n) is 9.84. The first-order valence-corrected chi connectivity index (χ1v) is 5.58. The van der Waals surface area contributed by atoms with Gasteiger partial charge in [-0.2, -0.15) is 13.2 Å². The number of halogens is 4. The fourth-order valence-corrected chi connectivity index (χ4v) is 1.89. The second kappa shape index (κ2) is 5.01. The molecular weight excluding hydrogens is 258 g/mol. The van der Waals surface area contributed by atoms with Gasteiger partial charge in [0.1, 0.15) is 5.82 Å². The molecule has 0 saturated carbocycles. The molecule has 0 unspecified atom stereocenters. The molecule has 19 heavy (non-hydrogen) atoms. The van der Waals surface area contributed by atoms with Crippen molar-refractivity contribution >= 4 is 0 Å². The Bertz CT molecular complexity index is 590. The lowest BCUT2D eigenvalue weighted by Crippen LogP contribution is -2.08. The van der Waals surface area contributed by atoms with Crippen molar-refractivity contribution in [2.45, 2.75) is 12.7 Å². The number of rotatable bonds is 2. The van der Waals surface area contributed by atoms with Crippen LogP contribution < -0.4 is 5.73 Å². The highest BCUT2D eigenvalue weighted by molar-refractivity contribution is 5.68. The van der Waals surface area contributed by atoms with Crippen LogP contribution in [0, 0.1) is 5.82 Å². The highest BCUT2D eigenvalue weighted by atomic mass is 19.4. The molecular formula is C14H11F4N. The van der Waals surface area contributed by atoms with Crippen LogP contribution in [0.3, 0.4) is 0 Å². The third-order valence-electron chi connectivity index (χ3n) is 2.82. The van der Waals surface area contributed by atoms with E-state index < -0.39 is 17.6 Å². The summed E-state index contributed by atoms with van der Waals surface area (Å²) >= 11 is 0. The van der Waals surface area contributed by atoms with Crippen LogP contribution in [0.2, 0.25) is 0 Å². The molecule has 0 aliphatic rings. The number of hydrogen-bond donors (Lipinski definition) is 1. The zero-order valence-corrected chi connectivity index (χ0v) is 9.84. The van der Waals surface area contributed by atoms with Crippen LogP contribution in [-0.2, 0) is 12.7 Å². The summed E-state index contributed by atoms with van der Waals surface area (Å²) in [4.78, 5) is 0. The molecule has 2 aromatic rings. The van der Waals surface area contributed by atoms with Crippen molar-refractivity contribution in [2.24, 2.45) is 5.73 Å². The number of alkyl halides is 3. The normalized spacial score (nSPS) is 11.6. The third-order valence-corrected chi connectivity index (χ3v) is 2.82. The summed E-state index contributed by atoms with van der Waals surface area (Å²) in [6.07, 6.45) is -4.71. The van der Waals surface area contributed by atoms with Gasteiger partial charge in [0.15, 0.2) is 0 Å². The van der Waals surface area contributed by atoms with E-state index in [9.17, 15) is 17.6 Å². The zero-order chi connectivity index (χ0) is 14.0. The minimum Gasteiger partial charge on any atom is -0.326 e. The van der Waals surface area contributed by atoms with Crippen molar-refractivity contribution in [3.05, 3.63) is 59.4 Å². The second-order valence-electron chi connectivity index (χ2n) is 4.05. The molecule has 0 amide bonds. The van der Waals surface area contributed by atoms with Gasteiger partial charge in [-0.05, 0) is 28.8 Å². The molecule has 0 aliphatic carbocycles. The first-order chi connectivity index (χ1) is 8.93. The Kier molecular flexibility index (Phi) is 3.57. The highest BCUT2D eigenvalue weighted by Gasteiger charge is 2.34. The van der Waals surface area contributed by atoms with E-state index >= 15 is 0 Å². The molecule has 2 aromatic carbocycles. The van der Waals surface area contributed by atoms with E-state index in [4.69, 9.17) is 5.73 Å². The highest BCUT2D eigenvalue weighted by Crippen LogP contribution is 2.34. The molecule has 0 aromatic heterocycles. The van der Waals surface area contributed by atoms with Gasteiger partial charge < -0.3 is 5.73 Å². The second-order valence-corrected chi connectivity index (χ2v) is 4.05. The predicted molar refractivity (Wildman–Crippen MR) is 64.7 cm³/mol. The Labute approximate surface area is 107 Å². The Morgan fingerprint density at radius 2 is 1.68 bits per heavy atom. The average Bonchev–Trinajstić information content (AvgIpc) is 2.38. The van der Waals surface area contributed by atoms with Crippen molar-refractivity contribution in [2.75, 3.05) is 0 Å². The van der Waals surface area contributed by atoms with Crippen molar-refractivity contribution in [3.8, 4) is 11.1 Å². The Morgan fingerprint density at radius 3 is 2.32 bits per heavy atom. The maximum absolute atomic E-state index is 13.2. The van der Waals surface area contributed by atoms with Crippen molar-refractivity contribution in [3.63, 3.8) is 0 Å². The lowest BCUT2D eigenvalue weighted by Gasteiger charge is -2.12. The van der Waals surface area contributed by atoms with E-state index in [0.717, 1.165) is 12.1 Å². The summed E-state index contributed by atoms with van der Waals surface area (Å²) in [7, 11) is 0. The van der Waals surface area contributed by atoms with Crippen molar-refractivity contribution < 1.29 is 17.6 Å². The lowest BCUT2D eigenvalue weighted by atomic mass is 9.98. The minimum atomic E-state index is -4.71. The molecule has 0 bridgehead atoms. The van der Waals surface area contributed by atoms with Crippen LogP contribution in [0.25, 0.3) is 11.1 Å². The fourth-order valence-electron chi connectivity index (χ4n) is 1.89. The van der Waals surface area contributed by atoms with Crippen LogP contribution in [0.1, 0.15) is 11.1 Å². The summed E-state index contributed by atoms with van der Waals surface area (Å²) in [6, 6.07) is 9.79. The number of nitrogens with two attached hydrogens (primary N) is 1. The molecule has 0 spiro atoms. The van der Waals surface area contributed by atoms with E-state index in [-0.39, 0.29) is 6.54 Å². The molecule has 100 valence electrons. The lowest BCUT2D eigenvalue weighted by molar-refractivity contribution is -0.139. The maximum Gasteiger partial charge on any atom is 0.419 e. The van der Waals surface area contributed by atoms with Crippen LogP contribution >= 0.6 is 0 Å². The van der Waals surface area contributed by atoms with Gasteiger partial charge in [-0.3, -0.25) is 0 Å². The standard InChI is InChI=1S/C14H11F4N/c15-13-6-5-9(7-12(13)14(16,17)18)11-4-2-1-3-10(11)8-19/h1-7H,8,19H2. The van der Waals surface area contributed by atoms with E-state index in [1.54, 1.807) is 24.3 Å². The molecule has 5 heteroatoms. The van der Waals surface area contributed by atoms with Gasteiger partial charge in [-0.25, -0.2) is 4.39 Å². The minimum absolute atomic E-state index is 0.203. The summed E-state index contributed by atoms with van der Waals surface area (Å²) in [6.45, 7) is 0.203. The van der Waals surface area contributed by atoms with Crippen LogP contribution in [0.15, 0.2) is 42.5 Å². The molecule has 2 N–H and O–H groups in total. The molecule has 0 radical (unpaired) electrons. The molecule has 2 rings (SSSR count). The molecule has 0 heterocycles. The van der Waals surface area contributed by atoms with Gasteiger partial charge in [0.2, 0.25) is 0 Å². The van der Waals surface area contributed by atoms with E-state index in [2.05, 4.69) is 0 Å². The SMILES string of the molecule is NCc1ccccc1-c1ccc(F)c(C(F)(F)F)c1. The van der Waals surface area contributed by atoms with Gasteiger partial charge in [-0.15, -0.1) is 0 Å². The van der Waals surface area contributed by atoms with Crippen LogP contribution in [0.4, 0.5) is 17.6 Å². The summed E-state index contributed by atoms with van der Waals surface area (Å²) < 4.78 is 51.2. The summed E-state index contributed by atoms with van der Waals surface area (Å²) in [5.74, 6) is -1.28. The van der Waals surface area contributed by atoms with E-state index in [1.165, 1.54) is 6.07 Å². The quantitative estimate of drug-likeness (QED) is 0.820. The van der Waals surface area contributed by atoms with Crippen LogP contribution in [0.5, 0.6) is 0 Å². The predicted octanol–water partition coefficient (Wildman–Crippen LogP) is 3.97. The largest absolute Gasteiger partial charge is 0.419 e. The van der Waals surface area contributed by atoms with Gasteiger partial charge in [0, 0.05) is 6.54 Å². The Morgan fingerprint density at radius 1 is 1.00 bits per heavy atom. The molecule has 0 saturated heterocycles. The summed E-state index contributed by atoms with van der Waals surface area (Å²) in [5, 5.41) is 0. The average molecular weight is 269 g/mol.